The quantitative estimate of drug-likeness (QED) is 0.840. The number of hydrogen-bond donors (Lipinski definition) is 1. The molecule has 6 nitrogen and oxygen atoms in total. The Balaban J connectivity index is 1.53. The molecule has 0 unspecified atom stereocenters. The fourth-order valence-electron chi connectivity index (χ4n) is 4.12. The van der Waals surface area contributed by atoms with Gasteiger partial charge in [0.2, 0.25) is 5.91 Å². The highest BCUT2D eigenvalue weighted by Crippen LogP contribution is 2.35. The molecule has 1 aliphatic heterocycles. The molecule has 1 N–H and O–H groups in total. The van der Waals surface area contributed by atoms with Crippen LogP contribution in [0.4, 0.5) is 5.69 Å². The average Bonchev–Trinajstić information content (AvgIpc) is 2.65. The van der Waals surface area contributed by atoms with Crippen molar-refractivity contribution < 1.29 is 19.1 Å². The van der Waals surface area contributed by atoms with Crippen LogP contribution >= 0.6 is 0 Å². The van der Waals surface area contributed by atoms with Gasteiger partial charge in [-0.25, -0.2) is 4.79 Å². The van der Waals surface area contributed by atoms with Crippen LogP contribution in [0.3, 0.4) is 0 Å². The summed E-state index contributed by atoms with van der Waals surface area (Å²) in [5.41, 5.74) is 0.975. The maximum Gasteiger partial charge on any atom is 0.338 e. The highest BCUT2D eigenvalue weighted by molar-refractivity contribution is 5.93. The highest BCUT2D eigenvalue weighted by Gasteiger charge is 2.35. The molecule has 1 heterocycles. The van der Waals surface area contributed by atoms with Gasteiger partial charge in [0.25, 0.3) is 5.91 Å². The number of piperidine rings is 1. The van der Waals surface area contributed by atoms with E-state index in [1.54, 1.807) is 24.3 Å². The molecule has 2 aliphatic rings. The van der Waals surface area contributed by atoms with Gasteiger partial charge in [-0.2, -0.15) is 0 Å². The van der Waals surface area contributed by atoms with Crippen LogP contribution in [0.15, 0.2) is 24.3 Å². The summed E-state index contributed by atoms with van der Waals surface area (Å²) in [5.74, 6) is -0.179. The van der Waals surface area contributed by atoms with Gasteiger partial charge in [0.05, 0.1) is 5.56 Å². The minimum atomic E-state index is -0.523. The van der Waals surface area contributed by atoms with E-state index in [-0.39, 0.29) is 18.4 Å². The van der Waals surface area contributed by atoms with Gasteiger partial charge in [0.15, 0.2) is 6.61 Å². The molecule has 2 amide bonds. The average molecular weight is 358 g/mol. The lowest BCUT2D eigenvalue weighted by Gasteiger charge is -2.44. The van der Waals surface area contributed by atoms with E-state index in [1.807, 2.05) is 4.90 Å². The first-order chi connectivity index (χ1) is 12.5. The first-order valence-electron chi connectivity index (χ1n) is 9.39. The normalized spacial score (nSPS) is 22.3. The van der Waals surface area contributed by atoms with E-state index >= 15 is 0 Å². The van der Waals surface area contributed by atoms with Gasteiger partial charge in [0, 0.05) is 25.2 Å². The van der Waals surface area contributed by atoms with Crippen molar-refractivity contribution in [2.45, 2.75) is 51.5 Å². The van der Waals surface area contributed by atoms with Crippen molar-refractivity contribution in [3.8, 4) is 0 Å². The van der Waals surface area contributed by atoms with Crippen LogP contribution in [0, 0.1) is 5.92 Å². The van der Waals surface area contributed by atoms with E-state index in [4.69, 9.17) is 4.74 Å². The van der Waals surface area contributed by atoms with Crippen LogP contribution in [-0.2, 0) is 14.3 Å². The zero-order valence-corrected chi connectivity index (χ0v) is 15.2. The third kappa shape index (κ3) is 4.42. The second-order valence-electron chi connectivity index (χ2n) is 7.18. The summed E-state index contributed by atoms with van der Waals surface area (Å²) in [6.07, 6.45) is 6.93. The molecule has 26 heavy (non-hydrogen) atoms. The predicted octanol–water partition coefficient (Wildman–Crippen LogP) is 2.98. The molecule has 0 bridgehead atoms. The molecule has 1 saturated carbocycles. The van der Waals surface area contributed by atoms with Crippen LogP contribution in [0.1, 0.15) is 55.8 Å². The smallest absolute Gasteiger partial charge is 0.338 e. The molecule has 0 radical (unpaired) electrons. The van der Waals surface area contributed by atoms with Crippen molar-refractivity contribution in [2.75, 3.05) is 18.5 Å². The zero-order chi connectivity index (χ0) is 18.5. The fourth-order valence-corrected chi connectivity index (χ4v) is 4.12. The largest absolute Gasteiger partial charge is 0.452 e. The minimum Gasteiger partial charge on any atom is -0.452 e. The minimum absolute atomic E-state index is 0.0928. The molecule has 1 saturated heterocycles. The van der Waals surface area contributed by atoms with Crippen molar-refractivity contribution >= 4 is 23.5 Å². The maximum atomic E-state index is 12.6. The number of benzene rings is 1. The highest BCUT2D eigenvalue weighted by atomic mass is 16.5. The number of carbonyl (C=O) groups excluding carboxylic acids is 3. The zero-order valence-electron chi connectivity index (χ0n) is 15.2. The third-order valence-corrected chi connectivity index (χ3v) is 5.33. The topological polar surface area (TPSA) is 75.7 Å². The summed E-state index contributed by atoms with van der Waals surface area (Å²) >= 11 is 0. The summed E-state index contributed by atoms with van der Waals surface area (Å²) in [6.45, 7) is 1.98. The summed E-state index contributed by atoms with van der Waals surface area (Å²) in [4.78, 5) is 37.7. The molecule has 1 aromatic rings. The number of rotatable bonds is 4. The third-order valence-electron chi connectivity index (χ3n) is 5.33. The first kappa shape index (κ1) is 18.4. The Kier molecular flexibility index (Phi) is 5.91. The molecule has 0 spiro atoms. The van der Waals surface area contributed by atoms with Crippen molar-refractivity contribution in [3.05, 3.63) is 29.8 Å². The molecule has 140 valence electrons. The molecular weight excluding hydrogens is 332 g/mol. The van der Waals surface area contributed by atoms with Crippen LogP contribution < -0.4 is 5.32 Å². The number of nitrogens with one attached hydrogen (secondary N) is 1. The van der Waals surface area contributed by atoms with Crippen molar-refractivity contribution in [1.82, 2.24) is 4.90 Å². The van der Waals surface area contributed by atoms with Gasteiger partial charge in [-0.15, -0.1) is 0 Å². The van der Waals surface area contributed by atoms with Crippen LogP contribution in [0.25, 0.3) is 0 Å². The van der Waals surface area contributed by atoms with E-state index < -0.39 is 5.97 Å². The fraction of sp³-hybridized carbons (Fsp3) is 0.550. The lowest BCUT2D eigenvalue weighted by Crippen LogP contribution is -2.50. The second kappa shape index (κ2) is 8.34. The maximum absolute atomic E-state index is 12.6. The Morgan fingerprint density at radius 2 is 1.77 bits per heavy atom. The Labute approximate surface area is 153 Å². The monoisotopic (exact) mass is 358 g/mol. The first-order valence-corrected chi connectivity index (χ1v) is 9.39. The summed E-state index contributed by atoms with van der Waals surface area (Å²) in [7, 11) is 0. The Bertz CT molecular complexity index is 669. The molecular formula is C20H26N2O4. The molecule has 1 aliphatic carbocycles. The number of amides is 2. The van der Waals surface area contributed by atoms with Gasteiger partial charge >= 0.3 is 5.97 Å². The van der Waals surface area contributed by atoms with Crippen molar-refractivity contribution in [1.29, 1.82) is 0 Å². The van der Waals surface area contributed by atoms with E-state index in [2.05, 4.69) is 5.32 Å². The second-order valence-corrected chi connectivity index (χ2v) is 7.18. The number of carbonyl (C=O) groups is 3. The number of nitrogens with zero attached hydrogens (tertiary/aromatic N) is 1. The van der Waals surface area contributed by atoms with Gasteiger partial charge in [-0.05, 0) is 55.9 Å². The summed E-state index contributed by atoms with van der Waals surface area (Å²) < 4.78 is 5.23. The van der Waals surface area contributed by atoms with E-state index in [0.717, 1.165) is 19.4 Å². The predicted molar refractivity (Wildman–Crippen MR) is 97.7 cm³/mol. The lowest BCUT2D eigenvalue weighted by molar-refractivity contribution is -0.140. The Hall–Kier alpha value is -2.37. The molecule has 3 rings (SSSR count). The van der Waals surface area contributed by atoms with Gasteiger partial charge < -0.3 is 15.0 Å². The van der Waals surface area contributed by atoms with Crippen molar-refractivity contribution in [2.24, 2.45) is 5.92 Å². The van der Waals surface area contributed by atoms with Crippen LogP contribution in [0.5, 0.6) is 0 Å². The van der Waals surface area contributed by atoms with Gasteiger partial charge in [0.1, 0.15) is 0 Å². The van der Waals surface area contributed by atoms with Crippen LogP contribution in [0.2, 0.25) is 0 Å². The molecule has 6 heteroatoms. The summed E-state index contributed by atoms with van der Waals surface area (Å²) in [5, 5.41) is 2.64. The number of hydrogen-bond acceptors (Lipinski definition) is 4. The SMILES string of the molecule is CC(=O)Nc1ccc(C(=O)OCC(=O)N2CCC[C@H]3CCCC[C@@H]32)cc1. The molecule has 0 aromatic heterocycles. The number of anilines is 1. The van der Waals surface area contributed by atoms with Crippen molar-refractivity contribution in [3.63, 3.8) is 0 Å². The van der Waals surface area contributed by atoms with Gasteiger partial charge in [-0.1, -0.05) is 12.8 Å². The van der Waals surface area contributed by atoms with E-state index in [0.29, 0.717) is 23.2 Å². The number of likely N-dealkylation sites (tertiary alicyclic amines) is 1. The van der Waals surface area contributed by atoms with Gasteiger partial charge in [-0.3, -0.25) is 9.59 Å². The molecule has 1 aromatic carbocycles. The summed E-state index contributed by atoms with van der Waals surface area (Å²) in [6, 6.07) is 6.75. The molecule has 2 atom stereocenters. The van der Waals surface area contributed by atoms with Crippen LogP contribution in [-0.4, -0.2) is 41.9 Å². The lowest BCUT2D eigenvalue weighted by atomic mass is 9.78. The number of ether oxygens (including phenoxy) is 1. The van der Waals surface area contributed by atoms with E-state index in [1.165, 1.54) is 32.6 Å². The standard InChI is InChI=1S/C20H26N2O4/c1-14(23)21-17-10-8-16(9-11-17)20(25)26-13-19(24)22-12-4-6-15-5-2-3-7-18(15)22/h8-11,15,18H,2-7,12-13H2,1H3,(H,21,23)/t15-,18+/m1/s1. The number of esters is 1. The van der Waals surface area contributed by atoms with E-state index in [9.17, 15) is 14.4 Å². The Morgan fingerprint density at radius 1 is 1.08 bits per heavy atom. The molecule has 2 fully saturated rings. The Morgan fingerprint density at radius 3 is 2.50 bits per heavy atom. The number of fused-ring (bicyclic) bond motifs is 1.